The molecule has 27 heavy (non-hydrogen) atoms. The first kappa shape index (κ1) is 23.2. The summed E-state index contributed by atoms with van der Waals surface area (Å²) >= 11 is 0. The molecule has 2 fully saturated rings. The van der Waals surface area contributed by atoms with E-state index in [-0.39, 0.29) is 0 Å². The Morgan fingerprint density at radius 3 is 1.59 bits per heavy atom. The maximum absolute atomic E-state index is 2.74. The molecule has 0 spiro atoms. The zero-order valence-corrected chi connectivity index (χ0v) is 20.1. The summed E-state index contributed by atoms with van der Waals surface area (Å²) in [5, 5.41) is 0. The molecule has 0 radical (unpaired) electrons. The molecule has 160 valence electrons. The van der Waals surface area contributed by atoms with Gasteiger partial charge in [0.15, 0.2) is 0 Å². The highest BCUT2D eigenvalue weighted by molar-refractivity contribution is 4.89. The van der Waals surface area contributed by atoms with E-state index in [2.05, 4.69) is 77.0 Å². The molecule has 3 nitrogen and oxygen atoms in total. The van der Waals surface area contributed by atoms with E-state index in [4.69, 9.17) is 0 Å². The van der Waals surface area contributed by atoms with Crippen molar-refractivity contribution in [1.82, 2.24) is 14.7 Å². The lowest BCUT2D eigenvalue weighted by atomic mass is 9.70. The number of hydrogen-bond acceptors (Lipinski definition) is 3. The number of piperidine rings is 1. The predicted molar refractivity (Wildman–Crippen MR) is 119 cm³/mol. The fraction of sp³-hybridized carbons (Fsp3) is 1.00. The van der Waals surface area contributed by atoms with E-state index in [9.17, 15) is 0 Å². The van der Waals surface area contributed by atoms with Gasteiger partial charge in [0.2, 0.25) is 0 Å². The van der Waals surface area contributed by atoms with Crippen molar-refractivity contribution < 1.29 is 0 Å². The minimum absolute atomic E-state index is 0.319. The molecule has 1 atom stereocenters. The zero-order chi connectivity index (χ0) is 20.5. The van der Waals surface area contributed by atoms with Crippen LogP contribution in [-0.4, -0.2) is 71.1 Å². The molecule has 0 bridgehead atoms. The number of likely N-dealkylation sites (tertiary alicyclic amines) is 1. The molecule has 2 aliphatic rings. The minimum Gasteiger partial charge on any atom is -0.298 e. The Bertz CT molecular complexity index is 441. The van der Waals surface area contributed by atoms with Crippen molar-refractivity contribution in [2.24, 2.45) is 11.3 Å². The van der Waals surface area contributed by atoms with E-state index in [0.717, 1.165) is 12.0 Å². The smallest absolute Gasteiger partial charge is 0.0126 e. The molecule has 2 saturated heterocycles. The van der Waals surface area contributed by atoms with Crippen LogP contribution in [0, 0.1) is 11.3 Å². The largest absolute Gasteiger partial charge is 0.298 e. The van der Waals surface area contributed by atoms with E-state index in [0.29, 0.717) is 16.5 Å². The molecule has 2 heterocycles. The van der Waals surface area contributed by atoms with E-state index in [1.165, 1.54) is 65.0 Å². The van der Waals surface area contributed by atoms with Gasteiger partial charge in [0.1, 0.15) is 0 Å². The Kier molecular flexibility index (Phi) is 7.47. The summed E-state index contributed by atoms with van der Waals surface area (Å²) in [6.45, 7) is 29.1. The maximum Gasteiger partial charge on any atom is 0.0126 e. The van der Waals surface area contributed by atoms with Crippen molar-refractivity contribution in [3.05, 3.63) is 0 Å². The second kappa shape index (κ2) is 8.71. The lowest BCUT2D eigenvalue weighted by Gasteiger charge is -2.46. The summed E-state index contributed by atoms with van der Waals surface area (Å²) in [5.74, 6) is 0.890. The number of hydrogen-bond donors (Lipinski definition) is 0. The van der Waals surface area contributed by atoms with Gasteiger partial charge in [-0.25, -0.2) is 0 Å². The van der Waals surface area contributed by atoms with Crippen molar-refractivity contribution in [3.8, 4) is 0 Å². The highest BCUT2D eigenvalue weighted by Crippen LogP contribution is 2.40. The Hall–Kier alpha value is -0.120. The molecular weight excluding hydrogens is 330 g/mol. The number of rotatable bonds is 5. The van der Waals surface area contributed by atoms with Crippen molar-refractivity contribution in [2.75, 3.05) is 39.3 Å². The molecule has 1 unspecified atom stereocenters. The number of nitrogens with zero attached hydrogens (tertiary/aromatic N) is 3. The van der Waals surface area contributed by atoms with Gasteiger partial charge < -0.3 is 0 Å². The van der Waals surface area contributed by atoms with Gasteiger partial charge in [0.05, 0.1) is 0 Å². The van der Waals surface area contributed by atoms with Gasteiger partial charge in [-0.2, -0.15) is 0 Å². The fourth-order valence-corrected chi connectivity index (χ4v) is 5.13. The molecule has 2 rings (SSSR count). The Morgan fingerprint density at radius 2 is 1.15 bits per heavy atom. The highest BCUT2D eigenvalue weighted by atomic mass is 15.3. The summed E-state index contributed by atoms with van der Waals surface area (Å²) in [6.07, 6.45) is 5.47. The van der Waals surface area contributed by atoms with Crippen molar-refractivity contribution in [2.45, 2.75) is 105 Å². The van der Waals surface area contributed by atoms with Crippen LogP contribution in [0.15, 0.2) is 0 Å². The first-order valence-corrected chi connectivity index (χ1v) is 11.5. The summed E-state index contributed by atoms with van der Waals surface area (Å²) in [4.78, 5) is 8.06. The van der Waals surface area contributed by atoms with Gasteiger partial charge in [-0.15, -0.1) is 0 Å². The van der Waals surface area contributed by atoms with Gasteiger partial charge in [-0.1, -0.05) is 13.8 Å². The normalized spacial score (nSPS) is 24.3. The zero-order valence-electron chi connectivity index (χ0n) is 20.1. The average Bonchev–Trinajstić information content (AvgIpc) is 2.58. The van der Waals surface area contributed by atoms with Crippen LogP contribution in [0.3, 0.4) is 0 Å². The second-order valence-corrected chi connectivity index (χ2v) is 12.0. The molecule has 2 aliphatic heterocycles. The predicted octanol–water partition coefficient (Wildman–Crippen LogP) is 5.11. The van der Waals surface area contributed by atoms with Gasteiger partial charge in [0, 0.05) is 43.3 Å². The number of piperazine rings is 1. The molecule has 0 N–H and O–H groups in total. The first-order chi connectivity index (χ1) is 12.3. The average molecular weight is 380 g/mol. The van der Waals surface area contributed by atoms with Gasteiger partial charge in [-0.05, 0) is 98.6 Å². The summed E-state index contributed by atoms with van der Waals surface area (Å²) in [5.41, 5.74) is 1.13. The third kappa shape index (κ3) is 6.44. The van der Waals surface area contributed by atoms with Gasteiger partial charge >= 0.3 is 0 Å². The SMILES string of the molecule is CC(CCC(C)(C)C1CCN(C(C)(C)C)CC1)N1CCN(C(C)(C)C)CC1. The van der Waals surface area contributed by atoms with Crippen LogP contribution in [0.5, 0.6) is 0 Å². The third-order valence-electron chi connectivity index (χ3n) is 7.64. The quantitative estimate of drug-likeness (QED) is 0.657. The highest BCUT2D eigenvalue weighted by Gasteiger charge is 2.35. The monoisotopic (exact) mass is 379 g/mol. The topological polar surface area (TPSA) is 9.72 Å². The van der Waals surface area contributed by atoms with E-state index < -0.39 is 0 Å². The molecule has 0 saturated carbocycles. The molecule has 3 heteroatoms. The van der Waals surface area contributed by atoms with Crippen LogP contribution in [0.4, 0.5) is 0 Å². The molecule has 0 amide bonds. The van der Waals surface area contributed by atoms with Crippen LogP contribution in [0.1, 0.15) is 88.0 Å². The standard InChI is InChI=1S/C24H49N3/c1-20(25-16-18-27(19-17-25)23(5,6)7)10-13-24(8,9)21-11-14-26(15-12-21)22(2,3)4/h20-21H,10-19H2,1-9H3. The van der Waals surface area contributed by atoms with Gasteiger partial charge in [-0.3, -0.25) is 14.7 Å². The van der Waals surface area contributed by atoms with Crippen LogP contribution < -0.4 is 0 Å². The second-order valence-electron chi connectivity index (χ2n) is 12.0. The van der Waals surface area contributed by atoms with Crippen molar-refractivity contribution >= 4 is 0 Å². The van der Waals surface area contributed by atoms with E-state index in [1.807, 2.05) is 0 Å². The minimum atomic E-state index is 0.319. The molecule has 0 aromatic rings. The van der Waals surface area contributed by atoms with Crippen molar-refractivity contribution in [1.29, 1.82) is 0 Å². The van der Waals surface area contributed by atoms with Crippen LogP contribution in [0.25, 0.3) is 0 Å². The molecule has 0 aromatic heterocycles. The Balaban J connectivity index is 1.77. The molecular formula is C24H49N3. The van der Waals surface area contributed by atoms with E-state index >= 15 is 0 Å². The summed E-state index contributed by atoms with van der Waals surface area (Å²) in [7, 11) is 0. The maximum atomic E-state index is 2.74. The van der Waals surface area contributed by atoms with Crippen LogP contribution >= 0.6 is 0 Å². The lowest BCUT2D eigenvalue weighted by Crippen LogP contribution is -2.55. The lowest BCUT2D eigenvalue weighted by molar-refractivity contribution is 0.0274. The fourth-order valence-electron chi connectivity index (χ4n) is 5.13. The van der Waals surface area contributed by atoms with Crippen LogP contribution in [-0.2, 0) is 0 Å². The third-order valence-corrected chi connectivity index (χ3v) is 7.64. The van der Waals surface area contributed by atoms with Gasteiger partial charge in [0.25, 0.3) is 0 Å². The van der Waals surface area contributed by atoms with E-state index in [1.54, 1.807) is 0 Å². The first-order valence-electron chi connectivity index (χ1n) is 11.5. The van der Waals surface area contributed by atoms with Crippen molar-refractivity contribution in [3.63, 3.8) is 0 Å². The van der Waals surface area contributed by atoms with Crippen LogP contribution in [0.2, 0.25) is 0 Å². The molecule has 0 aliphatic carbocycles. The Labute approximate surface area is 170 Å². The molecule has 0 aromatic carbocycles. The Morgan fingerprint density at radius 1 is 0.704 bits per heavy atom. The summed E-state index contributed by atoms with van der Waals surface area (Å²) in [6, 6.07) is 0.723. The summed E-state index contributed by atoms with van der Waals surface area (Å²) < 4.78 is 0.